The molecule has 0 fully saturated rings. The van der Waals surface area contributed by atoms with E-state index in [-0.39, 0.29) is 19.0 Å². The molecule has 0 aliphatic carbocycles. The first-order chi connectivity index (χ1) is 20.9. The highest BCUT2D eigenvalue weighted by molar-refractivity contribution is 9.10. The number of ether oxygens (including phenoxy) is 5. The Hall–Kier alpha value is -4.35. The van der Waals surface area contributed by atoms with E-state index in [1.54, 1.807) is 31.6 Å². The second-order valence-electron chi connectivity index (χ2n) is 9.74. The van der Waals surface area contributed by atoms with Gasteiger partial charge < -0.3 is 23.7 Å². The number of rotatable bonds is 8. The van der Waals surface area contributed by atoms with Gasteiger partial charge in [-0.3, -0.25) is 9.36 Å². The Bertz CT molecular complexity index is 1930. The maximum atomic E-state index is 13.9. The number of benzene rings is 3. The van der Waals surface area contributed by atoms with Crippen molar-refractivity contribution in [1.29, 1.82) is 0 Å². The summed E-state index contributed by atoms with van der Waals surface area (Å²) >= 11 is 4.81. The maximum absolute atomic E-state index is 13.9. The number of halogens is 1. The number of carbonyl (C=O) groups excluding carboxylic acids is 1. The van der Waals surface area contributed by atoms with Gasteiger partial charge in [0.15, 0.2) is 16.3 Å². The van der Waals surface area contributed by atoms with Crippen LogP contribution in [0.1, 0.15) is 36.6 Å². The standard InChI is InChI=1S/C32H27BrN2O7S/c1-4-39-31(37)28-18(2)34-32-35(29(28)21-8-12-24(38-3)23(33)15-21)30(36)27(43-32)14-19-5-9-22(10-6-19)40-16-20-7-11-25-26(13-20)42-17-41-25/h5-15,29H,4,16-17H2,1-3H3/b27-14+/t29-/m1/s1. The molecule has 0 saturated heterocycles. The highest BCUT2D eigenvalue weighted by Crippen LogP contribution is 2.35. The van der Waals surface area contributed by atoms with Gasteiger partial charge in [-0.05, 0) is 88.9 Å². The molecule has 6 rings (SSSR count). The Morgan fingerprint density at radius 1 is 1.12 bits per heavy atom. The Morgan fingerprint density at radius 2 is 1.91 bits per heavy atom. The summed E-state index contributed by atoms with van der Waals surface area (Å²) in [5.74, 6) is 2.26. The molecule has 11 heteroatoms. The van der Waals surface area contributed by atoms with Gasteiger partial charge in [-0.25, -0.2) is 9.79 Å². The largest absolute Gasteiger partial charge is 0.496 e. The van der Waals surface area contributed by atoms with E-state index >= 15 is 0 Å². The summed E-state index contributed by atoms with van der Waals surface area (Å²) in [5, 5.41) is 0. The fourth-order valence-corrected chi connectivity index (χ4v) is 6.57. The Balaban J connectivity index is 1.31. The van der Waals surface area contributed by atoms with E-state index in [0.717, 1.165) is 22.4 Å². The minimum absolute atomic E-state index is 0.204. The first-order valence-electron chi connectivity index (χ1n) is 13.5. The first kappa shape index (κ1) is 28.8. The predicted molar refractivity (Wildman–Crippen MR) is 164 cm³/mol. The molecule has 9 nitrogen and oxygen atoms in total. The van der Waals surface area contributed by atoms with Crippen molar-refractivity contribution in [2.24, 2.45) is 4.99 Å². The van der Waals surface area contributed by atoms with Gasteiger partial charge in [0.1, 0.15) is 18.1 Å². The molecule has 0 amide bonds. The molecule has 3 heterocycles. The average Bonchev–Trinajstić information content (AvgIpc) is 3.59. The molecule has 2 aliphatic rings. The van der Waals surface area contributed by atoms with Gasteiger partial charge in [-0.2, -0.15) is 0 Å². The Kier molecular flexibility index (Phi) is 8.09. The van der Waals surface area contributed by atoms with Crippen molar-refractivity contribution in [2.45, 2.75) is 26.5 Å². The molecular weight excluding hydrogens is 636 g/mol. The third-order valence-electron chi connectivity index (χ3n) is 7.03. The molecule has 43 heavy (non-hydrogen) atoms. The van der Waals surface area contributed by atoms with E-state index in [4.69, 9.17) is 23.7 Å². The molecule has 0 unspecified atom stereocenters. The molecule has 0 N–H and O–H groups in total. The fourth-order valence-electron chi connectivity index (χ4n) is 4.97. The SMILES string of the molecule is CCOC(=O)C1=C(C)N=c2s/c(=C/c3ccc(OCc4ccc5c(c4)OCO5)cc3)c(=O)n2[C@@H]1c1ccc(OC)c(Br)c1. The van der Waals surface area contributed by atoms with E-state index in [9.17, 15) is 9.59 Å². The number of hydrogen-bond donors (Lipinski definition) is 0. The van der Waals surface area contributed by atoms with Crippen molar-refractivity contribution in [2.75, 3.05) is 20.5 Å². The van der Waals surface area contributed by atoms with Gasteiger partial charge in [0.2, 0.25) is 6.79 Å². The van der Waals surface area contributed by atoms with E-state index in [1.165, 1.54) is 11.3 Å². The maximum Gasteiger partial charge on any atom is 0.338 e. The summed E-state index contributed by atoms with van der Waals surface area (Å²) in [4.78, 5) is 32.1. The van der Waals surface area contributed by atoms with E-state index in [0.29, 0.717) is 48.9 Å². The van der Waals surface area contributed by atoms with Crippen LogP contribution in [-0.4, -0.2) is 31.0 Å². The number of thiazole rings is 1. The number of esters is 1. The van der Waals surface area contributed by atoms with E-state index in [2.05, 4.69) is 20.9 Å². The van der Waals surface area contributed by atoms with Crippen LogP contribution in [0.5, 0.6) is 23.0 Å². The number of allylic oxidation sites excluding steroid dienone is 1. The van der Waals surface area contributed by atoms with E-state index < -0.39 is 12.0 Å². The fraction of sp³-hybridized carbons (Fsp3) is 0.219. The molecule has 0 spiro atoms. The summed E-state index contributed by atoms with van der Waals surface area (Å²) < 4.78 is 30.3. The molecule has 220 valence electrons. The Labute approximate surface area is 259 Å². The minimum atomic E-state index is -0.716. The molecule has 0 saturated carbocycles. The first-order valence-corrected chi connectivity index (χ1v) is 15.1. The lowest BCUT2D eigenvalue weighted by Crippen LogP contribution is -2.39. The average molecular weight is 664 g/mol. The normalized spacial score (nSPS) is 15.6. The van der Waals surface area contributed by atoms with Crippen LogP contribution in [0.25, 0.3) is 6.08 Å². The zero-order chi connectivity index (χ0) is 30.1. The molecule has 1 atom stereocenters. The summed E-state index contributed by atoms with van der Waals surface area (Å²) in [6.45, 7) is 4.31. The van der Waals surface area contributed by atoms with Crippen LogP contribution in [0.3, 0.4) is 0 Å². The van der Waals surface area contributed by atoms with Crippen LogP contribution in [0.2, 0.25) is 0 Å². The number of carbonyl (C=O) groups is 1. The number of nitrogens with zero attached hydrogens (tertiary/aromatic N) is 2. The lowest BCUT2D eigenvalue weighted by Gasteiger charge is -2.25. The van der Waals surface area contributed by atoms with Gasteiger partial charge in [-0.15, -0.1) is 0 Å². The highest BCUT2D eigenvalue weighted by Gasteiger charge is 2.33. The number of aromatic nitrogens is 1. The number of fused-ring (bicyclic) bond motifs is 2. The minimum Gasteiger partial charge on any atom is -0.496 e. The van der Waals surface area contributed by atoms with Crippen molar-refractivity contribution in [1.82, 2.24) is 4.57 Å². The predicted octanol–water partition coefficient (Wildman–Crippen LogP) is 4.88. The van der Waals surface area contributed by atoms with Gasteiger partial charge in [0.25, 0.3) is 5.56 Å². The zero-order valence-electron chi connectivity index (χ0n) is 23.6. The van der Waals surface area contributed by atoms with E-state index in [1.807, 2.05) is 60.7 Å². The second kappa shape index (κ2) is 12.1. The Morgan fingerprint density at radius 3 is 2.65 bits per heavy atom. The second-order valence-corrected chi connectivity index (χ2v) is 11.6. The van der Waals surface area contributed by atoms with Crippen LogP contribution in [-0.2, 0) is 16.1 Å². The summed E-state index contributed by atoms with van der Waals surface area (Å²) in [7, 11) is 1.58. The van der Waals surface area contributed by atoms with Gasteiger partial charge in [0.05, 0.1) is 40.0 Å². The molecule has 1 aromatic heterocycles. The van der Waals surface area contributed by atoms with Crippen LogP contribution >= 0.6 is 27.3 Å². The van der Waals surface area contributed by atoms with Crippen molar-refractivity contribution in [3.8, 4) is 23.0 Å². The number of methoxy groups -OCH3 is 1. The molecular formula is C32H27BrN2O7S. The van der Waals surface area contributed by atoms with Crippen molar-refractivity contribution < 1.29 is 28.5 Å². The zero-order valence-corrected chi connectivity index (χ0v) is 26.0. The molecule has 0 radical (unpaired) electrons. The van der Waals surface area contributed by atoms with Crippen molar-refractivity contribution >= 4 is 39.3 Å². The smallest absolute Gasteiger partial charge is 0.338 e. The van der Waals surface area contributed by atoms with Crippen LogP contribution in [0.15, 0.2) is 86.2 Å². The van der Waals surface area contributed by atoms with Crippen LogP contribution < -0.4 is 33.8 Å². The highest BCUT2D eigenvalue weighted by atomic mass is 79.9. The van der Waals surface area contributed by atoms with Gasteiger partial charge in [0, 0.05) is 0 Å². The van der Waals surface area contributed by atoms with Crippen LogP contribution in [0.4, 0.5) is 0 Å². The van der Waals surface area contributed by atoms with Gasteiger partial charge >= 0.3 is 5.97 Å². The molecule has 4 aromatic rings. The lowest BCUT2D eigenvalue weighted by atomic mass is 9.96. The summed E-state index contributed by atoms with van der Waals surface area (Å²) in [6, 6.07) is 18.0. The molecule has 0 bridgehead atoms. The number of hydrogen-bond acceptors (Lipinski definition) is 9. The van der Waals surface area contributed by atoms with Crippen molar-refractivity contribution in [3.63, 3.8) is 0 Å². The van der Waals surface area contributed by atoms with Gasteiger partial charge in [-0.1, -0.05) is 35.6 Å². The topological polar surface area (TPSA) is 97.6 Å². The monoisotopic (exact) mass is 662 g/mol. The van der Waals surface area contributed by atoms with Crippen molar-refractivity contribution in [3.05, 3.63) is 113 Å². The van der Waals surface area contributed by atoms with Crippen LogP contribution in [0, 0.1) is 0 Å². The third kappa shape index (κ3) is 5.70. The third-order valence-corrected chi connectivity index (χ3v) is 8.63. The summed E-state index contributed by atoms with van der Waals surface area (Å²) in [6.07, 6.45) is 1.82. The molecule has 2 aliphatic heterocycles. The molecule has 3 aromatic carbocycles. The summed E-state index contributed by atoms with van der Waals surface area (Å²) in [5.41, 5.74) is 3.09. The quantitative estimate of drug-likeness (QED) is 0.248. The lowest BCUT2D eigenvalue weighted by molar-refractivity contribution is -0.139.